The second-order valence-corrected chi connectivity index (χ2v) is 4.76. The molecule has 0 atom stereocenters. The summed E-state index contributed by atoms with van der Waals surface area (Å²) in [7, 11) is 0. The van der Waals surface area contributed by atoms with Gasteiger partial charge in [-0.2, -0.15) is 0 Å². The minimum Gasteiger partial charge on any atom is -0.406 e. The molecular weight excluding hydrogens is 277 g/mol. The van der Waals surface area contributed by atoms with Gasteiger partial charge in [0, 0.05) is 5.56 Å². The summed E-state index contributed by atoms with van der Waals surface area (Å²) in [5.74, 6) is 2.03. The Balaban J connectivity index is 2.53. The van der Waals surface area contributed by atoms with Crippen molar-refractivity contribution in [2.24, 2.45) is 0 Å². The van der Waals surface area contributed by atoms with Crippen LogP contribution in [0.25, 0.3) is 11.1 Å². The highest BCUT2D eigenvalue weighted by atomic mass is 19.4. The highest BCUT2D eigenvalue weighted by Gasteiger charge is 2.31. The summed E-state index contributed by atoms with van der Waals surface area (Å²) in [4.78, 5) is 0. The molecule has 2 aromatic rings. The minimum absolute atomic E-state index is 0.312. The van der Waals surface area contributed by atoms with Gasteiger partial charge in [-0.3, -0.25) is 0 Å². The lowest BCUT2D eigenvalue weighted by Gasteiger charge is -2.13. The summed E-state index contributed by atoms with van der Waals surface area (Å²) < 4.78 is 41.1. The average Bonchev–Trinajstić information content (AvgIpc) is 2.36. The van der Waals surface area contributed by atoms with Crippen LogP contribution in [0.2, 0.25) is 0 Å². The molecule has 0 aliphatic carbocycles. The lowest BCUT2D eigenvalue weighted by molar-refractivity contribution is -0.274. The first-order chi connectivity index (χ1) is 9.78. The summed E-state index contributed by atoms with van der Waals surface area (Å²) in [6, 6.07) is 9.92. The van der Waals surface area contributed by atoms with Crippen molar-refractivity contribution in [3.63, 3.8) is 0 Å². The number of alkyl halides is 3. The number of halogens is 3. The molecule has 0 radical (unpaired) electrons. The van der Waals surface area contributed by atoms with E-state index in [0.717, 1.165) is 16.7 Å². The van der Waals surface area contributed by atoms with Gasteiger partial charge in [0.2, 0.25) is 0 Å². The van der Waals surface area contributed by atoms with Crippen LogP contribution in [0.1, 0.15) is 16.7 Å². The van der Waals surface area contributed by atoms with Crippen molar-refractivity contribution in [1.29, 1.82) is 0 Å². The van der Waals surface area contributed by atoms with Crippen LogP contribution < -0.4 is 4.74 Å². The van der Waals surface area contributed by atoms with Crippen molar-refractivity contribution in [2.45, 2.75) is 20.2 Å². The van der Waals surface area contributed by atoms with E-state index < -0.39 is 6.36 Å². The fourth-order valence-electron chi connectivity index (χ4n) is 2.17. The summed E-state index contributed by atoms with van der Waals surface area (Å²) in [5, 5.41) is 0. The number of hydrogen-bond donors (Lipinski definition) is 0. The van der Waals surface area contributed by atoms with Crippen LogP contribution in [-0.4, -0.2) is 6.36 Å². The molecule has 0 amide bonds. The zero-order valence-corrected chi connectivity index (χ0v) is 11.6. The highest BCUT2D eigenvalue weighted by molar-refractivity contribution is 5.70. The van der Waals surface area contributed by atoms with Gasteiger partial charge in [0.15, 0.2) is 0 Å². The van der Waals surface area contributed by atoms with Crippen molar-refractivity contribution in [3.05, 3.63) is 53.1 Å². The van der Waals surface area contributed by atoms with Crippen LogP contribution in [0.4, 0.5) is 13.2 Å². The number of rotatable bonds is 2. The molecule has 0 aliphatic heterocycles. The van der Waals surface area contributed by atoms with Crippen molar-refractivity contribution in [2.75, 3.05) is 0 Å². The van der Waals surface area contributed by atoms with E-state index in [1.807, 2.05) is 32.0 Å². The Morgan fingerprint density at radius 3 is 2.33 bits per heavy atom. The first-order valence-corrected chi connectivity index (χ1v) is 6.23. The maximum atomic E-state index is 12.4. The van der Waals surface area contributed by atoms with Crippen LogP contribution in [-0.2, 0) is 0 Å². The molecule has 2 aromatic carbocycles. The molecule has 108 valence electrons. The molecule has 0 heterocycles. The van der Waals surface area contributed by atoms with Crippen molar-refractivity contribution >= 4 is 0 Å². The van der Waals surface area contributed by atoms with Gasteiger partial charge in [-0.25, -0.2) is 0 Å². The second kappa shape index (κ2) is 5.53. The number of ether oxygens (including phenoxy) is 1. The van der Waals surface area contributed by atoms with Gasteiger partial charge in [-0.05, 0) is 48.7 Å². The van der Waals surface area contributed by atoms with E-state index in [-0.39, 0.29) is 5.75 Å². The molecule has 21 heavy (non-hydrogen) atoms. The monoisotopic (exact) mass is 290 g/mol. The maximum absolute atomic E-state index is 12.4. The van der Waals surface area contributed by atoms with E-state index in [4.69, 9.17) is 6.42 Å². The topological polar surface area (TPSA) is 9.23 Å². The molecule has 0 bridgehead atoms. The predicted molar refractivity (Wildman–Crippen MR) is 76.0 cm³/mol. The van der Waals surface area contributed by atoms with Gasteiger partial charge < -0.3 is 4.74 Å². The third-order valence-corrected chi connectivity index (χ3v) is 3.00. The molecule has 2 rings (SSSR count). The smallest absolute Gasteiger partial charge is 0.406 e. The standard InChI is InChI=1S/C17H13F3O/c1-4-13-8-14(10-15(9-13)21-17(18,19)20)16-6-5-11(2)7-12(16)3/h1,5-10H,2-3H3. The summed E-state index contributed by atoms with van der Waals surface area (Å²) in [5.41, 5.74) is 3.80. The molecule has 0 aliphatic rings. The van der Waals surface area contributed by atoms with E-state index in [2.05, 4.69) is 10.7 Å². The van der Waals surface area contributed by atoms with E-state index >= 15 is 0 Å². The van der Waals surface area contributed by atoms with E-state index in [1.54, 1.807) is 6.07 Å². The number of aryl methyl sites for hydroxylation is 2. The van der Waals surface area contributed by atoms with Crippen LogP contribution in [0.5, 0.6) is 5.75 Å². The Kier molecular flexibility index (Phi) is 3.95. The molecule has 0 N–H and O–H groups in total. The van der Waals surface area contributed by atoms with Crippen LogP contribution >= 0.6 is 0 Å². The normalized spacial score (nSPS) is 11.0. The molecule has 0 spiro atoms. The fourth-order valence-corrected chi connectivity index (χ4v) is 2.17. The largest absolute Gasteiger partial charge is 0.573 e. The van der Waals surface area contributed by atoms with Gasteiger partial charge in [-0.15, -0.1) is 19.6 Å². The van der Waals surface area contributed by atoms with Gasteiger partial charge >= 0.3 is 6.36 Å². The van der Waals surface area contributed by atoms with Gasteiger partial charge in [-0.1, -0.05) is 29.7 Å². The van der Waals surface area contributed by atoms with Crippen molar-refractivity contribution in [1.82, 2.24) is 0 Å². The van der Waals surface area contributed by atoms with Crippen LogP contribution in [0.15, 0.2) is 36.4 Å². The lowest BCUT2D eigenvalue weighted by atomic mass is 9.97. The Labute approximate surface area is 121 Å². The zero-order valence-electron chi connectivity index (χ0n) is 11.6. The summed E-state index contributed by atoms with van der Waals surface area (Å²) in [6.07, 6.45) is 0.562. The average molecular weight is 290 g/mol. The fraction of sp³-hybridized carbons (Fsp3) is 0.176. The SMILES string of the molecule is C#Cc1cc(OC(F)(F)F)cc(-c2ccc(C)cc2C)c1. The molecule has 0 saturated heterocycles. The first-order valence-electron chi connectivity index (χ1n) is 6.23. The molecule has 4 heteroatoms. The van der Waals surface area contributed by atoms with Crippen LogP contribution in [0, 0.1) is 26.2 Å². The maximum Gasteiger partial charge on any atom is 0.573 e. The molecule has 0 fully saturated rings. The molecule has 0 saturated carbocycles. The van der Waals surface area contributed by atoms with Crippen molar-refractivity contribution in [3.8, 4) is 29.2 Å². The molecular formula is C17H13F3O. The van der Waals surface area contributed by atoms with E-state index in [1.165, 1.54) is 12.1 Å². The number of terminal acetylenes is 1. The van der Waals surface area contributed by atoms with E-state index in [9.17, 15) is 13.2 Å². The Morgan fingerprint density at radius 1 is 1.05 bits per heavy atom. The van der Waals surface area contributed by atoms with Crippen LogP contribution in [0.3, 0.4) is 0 Å². The third-order valence-electron chi connectivity index (χ3n) is 3.00. The molecule has 0 aromatic heterocycles. The first kappa shape index (κ1) is 15.0. The van der Waals surface area contributed by atoms with Gasteiger partial charge in [0.05, 0.1) is 0 Å². The molecule has 1 nitrogen and oxygen atoms in total. The third kappa shape index (κ3) is 3.79. The molecule has 0 unspecified atom stereocenters. The zero-order chi connectivity index (χ0) is 15.6. The summed E-state index contributed by atoms with van der Waals surface area (Å²) >= 11 is 0. The van der Waals surface area contributed by atoms with Crippen molar-refractivity contribution < 1.29 is 17.9 Å². The van der Waals surface area contributed by atoms with Gasteiger partial charge in [0.1, 0.15) is 5.75 Å². The van der Waals surface area contributed by atoms with E-state index in [0.29, 0.717) is 11.1 Å². The summed E-state index contributed by atoms with van der Waals surface area (Å²) in [6.45, 7) is 3.85. The minimum atomic E-state index is -4.74. The predicted octanol–water partition coefficient (Wildman–Crippen LogP) is 4.85. The lowest BCUT2D eigenvalue weighted by Crippen LogP contribution is -2.17. The quantitative estimate of drug-likeness (QED) is 0.718. The number of hydrogen-bond acceptors (Lipinski definition) is 1. The Morgan fingerprint density at radius 2 is 1.76 bits per heavy atom. The highest BCUT2D eigenvalue weighted by Crippen LogP contribution is 2.31. The Hall–Kier alpha value is -2.41. The van der Waals surface area contributed by atoms with Gasteiger partial charge in [0.25, 0.3) is 0 Å². The number of benzene rings is 2. The second-order valence-electron chi connectivity index (χ2n) is 4.76. The Bertz CT molecular complexity index is 709.